The summed E-state index contributed by atoms with van der Waals surface area (Å²) >= 11 is 9.08. The summed E-state index contributed by atoms with van der Waals surface area (Å²) in [6, 6.07) is 1.61. The van der Waals surface area contributed by atoms with Crippen molar-refractivity contribution in [3.05, 3.63) is 27.5 Å². The van der Waals surface area contributed by atoms with Gasteiger partial charge in [-0.15, -0.1) is 0 Å². The van der Waals surface area contributed by atoms with Crippen LogP contribution in [0.3, 0.4) is 0 Å². The Balaban J connectivity index is 1.96. The van der Waals surface area contributed by atoms with Crippen molar-refractivity contribution < 1.29 is 9.63 Å². The molecule has 0 atom stereocenters. The molecule has 0 aromatic carbocycles. The first kappa shape index (κ1) is 12.8. The van der Waals surface area contributed by atoms with E-state index in [0.717, 1.165) is 25.7 Å². The number of aromatic nitrogens is 1. The zero-order chi connectivity index (χ0) is 12.3. The fraction of sp³-hybridized carbons (Fsp3) is 0.455. The fourth-order valence-corrected chi connectivity index (χ4v) is 2.30. The maximum absolute atomic E-state index is 11.8. The zero-order valence-electron chi connectivity index (χ0n) is 9.08. The standard InChI is InChI=1S/C11H12BrClN2O2/c12-7-5-9(10(13)14-6-7)11(16)15-17-8-3-1-2-4-8/h5-6,8H,1-4H2,(H,15,16). The second-order valence-corrected chi connectivity index (χ2v) is 5.22. The predicted octanol–water partition coefficient (Wildman–Crippen LogP) is 3.10. The van der Waals surface area contributed by atoms with Gasteiger partial charge in [0.25, 0.3) is 5.91 Å². The summed E-state index contributed by atoms with van der Waals surface area (Å²) in [5, 5.41) is 0.167. The van der Waals surface area contributed by atoms with Crippen LogP contribution in [0.1, 0.15) is 36.0 Å². The number of nitrogens with zero attached hydrogens (tertiary/aromatic N) is 1. The van der Waals surface area contributed by atoms with Crippen LogP contribution in [0, 0.1) is 0 Å². The second-order valence-electron chi connectivity index (χ2n) is 3.95. The largest absolute Gasteiger partial charge is 0.278 e. The highest BCUT2D eigenvalue weighted by molar-refractivity contribution is 9.10. The first-order valence-corrected chi connectivity index (χ1v) is 6.61. The topological polar surface area (TPSA) is 51.2 Å². The molecule has 2 rings (SSSR count). The number of rotatable bonds is 3. The van der Waals surface area contributed by atoms with Crippen molar-refractivity contribution in [1.82, 2.24) is 10.5 Å². The van der Waals surface area contributed by atoms with Crippen molar-refractivity contribution in [2.75, 3.05) is 0 Å². The molecular weight excluding hydrogens is 307 g/mol. The van der Waals surface area contributed by atoms with Crippen molar-refractivity contribution in [2.24, 2.45) is 0 Å². The fourth-order valence-electron chi connectivity index (χ4n) is 1.78. The van der Waals surface area contributed by atoms with Gasteiger partial charge >= 0.3 is 0 Å². The van der Waals surface area contributed by atoms with Gasteiger partial charge in [-0.3, -0.25) is 9.63 Å². The smallest absolute Gasteiger partial charge is 0.270 e. The molecule has 0 bridgehead atoms. The minimum absolute atomic E-state index is 0.123. The molecule has 1 N–H and O–H groups in total. The van der Waals surface area contributed by atoms with E-state index in [1.54, 1.807) is 6.07 Å². The van der Waals surface area contributed by atoms with Crippen LogP contribution >= 0.6 is 27.5 Å². The second kappa shape index (κ2) is 5.80. The minimum Gasteiger partial charge on any atom is -0.270 e. The van der Waals surface area contributed by atoms with Crippen LogP contribution in [-0.2, 0) is 4.84 Å². The van der Waals surface area contributed by atoms with E-state index in [0.29, 0.717) is 10.0 Å². The van der Waals surface area contributed by atoms with Gasteiger partial charge in [-0.1, -0.05) is 24.4 Å². The van der Waals surface area contributed by atoms with E-state index in [4.69, 9.17) is 16.4 Å². The van der Waals surface area contributed by atoms with Crippen LogP contribution in [0.15, 0.2) is 16.7 Å². The number of hydroxylamine groups is 1. The Hall–Kier alpha value is -0.650. The normalized spacial score (nSPS) is 16.1. The number of hydrogen-bond donors (Lipinski definition) is 1. The molecule has 1 aromatic heterocycles. The molecule has 1 aromatic rings. The average Bonchev–Trinajstić information content (AvgIpc) is 2.82. The third kappa shape index (κ3) is 3.40. The number of amides is 1. The summed E-state index contributed by atoms with van der Waals surface area (Å²) in [7, 11) is 0. The molecule has 0 radical (unpaired) electrons. The van der Waals surface area contributed by atoms with Gasteiger partial charge in [0.2, 0.25) is 0 Å². The van der Waals surface area contributed by atoms with Gasteiger partial charge in [0.05, 0.1) is 11.7 Å². The van der Waals surface area contributed by atoms with Gasteiger partial charge in [-0.05, 0) is 34.8 Å². The monoisotopic (exact) mass is 318 g/mol. The zero-order valence-corrected chi connectivity index (χ0v) is 11.4. The van der Waals surface area contributed by atoms with E-state index < -0.39 is 0 Å². The highest BCUT2D eigenvalue weighted by Gasteiger charge is 2.18. The Morgan fingerprint density at radius 3 is 2.94 bits per heavy atom. The number of hydrogen-bond acceptors (Lipinski definition) is 3. The summed E-state index contributed by atoms with van der Waals surface area (Å²) in [5.74, 6) is -0.365. The van der Waals surface area contributed by atoms with E-state index in [2.05, 4.69) is 26.4 Å². The van der Waals surface area contributed by atoms with Crippen LogP contribution in [0.2, 0.25) is 5.15 Å². The van der Waals surface area contributed by atoms with Gasteiger partial charge in [0.15, 0.2) is 0 Å². The highest BCUT2D eigenvalue weighted by Crippen LogP contribution is 2.21. The number of pyridine rings is 1. The van der Waals surface area contributed by atoms with Crippen LogP contribution in [0.5, 0.6) is 0 Å². The first-order valence-electron chi connectivity index (χ1n) is 5.44. The van der Waals surface area contributed by atoms with Gasteiger partial charge < -0.3 is 0 Å². The van der Waals surface area contributed by atoms with Crippen LogP contribution in [-0.4, -0.2) is 17.0 Å². The summed E-state index contributed by atoms with van der Waals surface area (Å²) < 4.78 is 0.702. The van der Waals surface area contributed by atoms with E-state index >= 15 is 0 Å². The lowest BCUT2D eigenvalue weighted by Gasteiger charge is -2.11. The van der Waals surface area contributed by atoms with Crippen LogP contribution < -0.4 is 5.48 Å². The number of carbonyl (C=O) groups excluding carboxylic acids is 1. The summed E-state index contributed by atoms with van der Waals surface area (Å²) in [4.78, 5) is 21.0. The molecular formula is C11H12BrClN2O2. The molecule has 1 aliphatic carbocycles. The molecule has 0 unspecified atom stereocenters. The Bertz CT molecular complexity index is 422. The lowest BCUT2D eigenvalue weighted by atomic mass is 10.3. The van der Waals surface area contributed by atoms with E-state index in [9.17, 15) is 4.79 Å². The molecule has 6 heteroatoms. The van der Waals surface area contributed by atoms with Crippen molar-refractivity contribution in [3.8, 4) is 0 Å². The summed E-state index contributed by atoms with van der Waals surface area (Å²) in [5.41, 5.74) is 2.73. The van der Waals surface area contributed by atoms with E-state index in [1.165, 1.54) is 6.20 Å². The van der Waals surface area contributed by atoms with Gasteiger partial charge in [0, 0.05) is 10.7 Å². The third-order valence-corrected chi connectivity index (χ3v) is 3.41. The number of carbonyl (C=O) groups is 1. The van der Waals surface area contributed by atoms with Crippen LogP contribution in [0.25, 0.3) is 0 Å². The van der Waals surface area contributed by atoms with E-state index in [-0.39, 0.29) is 17.2 Å². The quantitative estimate of drug-likeness (QED) is 0.688. The van der Waals surface area contributed by atoms with Crippen molar-refractivity contribution >= 4 is 33.4 Å². The Morgan fingerprint density at radius 1 is 1.53 bits per heavy atom. The number of nitrogens with one attached hydrogen (secondary N) is 1. The molecule has 1 heterocycles. The maximum atomic E-state index is 11.8. The molecule has 1 aliphatic rings. The third-order valence-electron chi connectivity index (χ3n) is 2.67. The van der Waals surface area contributed by atoms with Gasteiger partial charge in [0.1, 0.15) is 5.15 Å². The highest BCUT2D eigenvalue weighted by atomic mass is 79.9. The minimum atomic E-state index is -0.365. The number of halogens is 2. The molecule has 92 valence electrons. The SMILES string of the molecule is O=C(NOC1CCCC1)c1cc(Br)cnc1Cl. The van der Waals surface area contributed by atoms with Crippen molar-refractivity contribution in [2.45, 2.75) is 31.8 Å². The molecule has 1 amide bonds. The predicted molar refractivity (Wildman–Crippen MR) is 67.8 cm³/mol. The van der Waals surface area contributed by atoms with Crippen molar-refractivity contribution in [1.29, 1.82) is 0 Å². The lowest BCUT2D eigenvalue weighted by molar-refractivity contribution is -0.0125. The molecule has 17 heavy (non-hydrogen) atoms. The molecule has 0 spiro atoms. The van der Waals surface area contributed by atoms with Crippen molar-refractivity contribution in [3.63, 3.8) is 0 Å². The Kier molecular flexibility index (Phi) is 4.36. The lowest BCUT2D eigenvalue weighted by Crippen LogP contribution is -2.28. The summed E-state index contributed by atoms with van der Waals surface area (Å²) in [6.45, 7) is 0. The van der Waals surface area contributed by atoms with Gasteiger partial charge in [-0.25, -0.2) is 10.5 Å². The van der Waals surface area contributed by atoms with Gasteiger partial charge in [-0.2, -0.15) is 0 Å². The molecule has 0 aliphatic heterocycles. The Labute approximate surface area is 113 Å². The molecule has 1 saturated carbocycles. The van der Waals surface area contributed by atoms with Crippen LogP contribution in [0.4, 0.5) is 0 Å². The molecule has 1 fully saturated rings. The first-order chi connectivity index (χ1) is 8.16. The average molecular weight is 320 g/mol. The Morgan fingerprint density at radius 2 is 2.24 bits per heavy atom. The molecule has 4 nitrogen and oxygen atoms in total. The maximum Gasteiger partial charge on any atom is 0.278 e. The van der Waals surface area contributed by atoms with E-state index in [1.807, 2.05) is 0 Å². The molecule has 0 saturated heterocycles. The summed E-state index contributed by atoms with van der Waals surface area (Å²) in [6.07, 6.45) is 5.95.